The van der Waals surface area contributed by atoms with Crippen molar-refractivity contribution in [2.24, 2.45) is 11.8 Å². The molecule has 0 spiro atoms. The SMILES string of the molecule is CCCc1cc(Cl)ccc1C1COc2ccc3cc2N(C1)CC1CCC1C(OCCOC)/C=C/CCC(C)SNC3=O. The summed E-state index contributed by atoms with van der Waals surface area (Å²) in [6.45, 7) is 7.84. The molecule has 2 heterocycles. The average Bonchev–Trinajstić information content (AvgIpc) is 3.15. The van der Waals surface area contributed by atoms with Crippen molar-refractivity contribution in [3.05, 3.63) is 70.3 Å². The normalized spacial score (nSPS) is 27.2. The van der Waals surface area contributed by atoms with Crippen LogP contribution in [0.3, 0.4) is 0 Å². The molecular formula is C34H45ClN2O4S. The van der Waals surface area contributed by atoms with Crippen molar-refractivity contribution < 1.29 is 19.0 Å². The number of hydrogen-bond donors (Lipinski definition) is 1. The Morgan fingerprint density at radius 2 is 2.00 bits per heavy atom. The zero-order valence-electron chi connectivity index (χ0n) is 25.2. The van der Waals surface area contributed by atoms with Gasteiger partial charge in [-0.1, -0.05) is 50.1 Å². The van der Waals surface area contributed by atoms with E-state index in [9.17, 15) is 4.79 Å². The molecule has 1 amide bonds. The maximum Gasteiger partial charge on any atom is 0.261 e. The molecule has 2 aromatic carbocycles. The molecule has 2 aliphatic heterocycles. The van der Waals surface area contributed by atoms with Gasteiger partial charge >= 0.3 is 0 Å². The van der Waals surface area contributed by atoms with Crippen LogP contribution in [-0.2, 0) is 15.9 Å². The molecule has 0 radical (unpaired) electrons. The highest BCUT2D eigenvalue weighted by molar-refractivity contribution is 7.98. The summed E-state index contributed by atoms with van der Waals surface area (Å²) in [6, 6.07) is 12.2. The van der Waals surface area contributed by atoms with Gasteiger partial charge in [0.25, 0.3) is 5.91 Å². The molecule has 1 aliphatic carbocycles. The number of aryl methyl sites for hydroxylation is 1. The molecule has 0 saturated heterocycles. The Labute approximate surface area is 260 Å². The maximum absolute atomic E-state index is 13.2. The first kappa shape index (κ1) is 31.2. The predicted octanol–water partition coefficient (Wildman–Crippen LogP) is 7.45. The van der Waals surface area contributed by atoms with Gasteiger partial charge in [0.1, 0.15) is 5.75 Å². The van der Waals surface area contributed by atoms with Crippen LogP contribution in [-0.4, -0.2) is 57.3 Å². The summed E-state index contributed by atoms with van der Waals surface area (Å²) in [6.07, 6.45) is 10.9. The number of halogens is 1. The molecule has 1 fully saturated rings. The molecule has 5 atom stereocenters. The van der Waals surface area contributed by atoms with Crippen molar-refractivity contribution >= 4 is 35.1 Å². The summed E-state index contributed by atoms with van der Waals surface area (Å²) in [5, 5.41) is 1.08. The van der Waals surface area contributed by atoms with E-state index in [0.29, 0.717) is 42.5 Å². The molecule has 1 N–H and O–H groups in total. The van der Waals surface area contributed by atoms with E-state index >= 15 is 0 Å². The smallest absolute Gasteiger partial charge is 0.261 e. The quantitative estimate of drug-likeness (QED) is 0.199. The highest BCUT2D eigenvalue weighted by Gasteiger charge is 2.39. The van der Waals surface area contributed by atoms with Crippen LogP contribution in [0.5, 0.6) is 5.75 Å². The van der Waals surface area contributed by atoms with Gasteiger partial charge in [0.2, 0.25) is 0 Å². The highest BCUT2D eigenvalue weighted by Crippen LogP contribution is 2.43. The summed E-state index contributed by atoms with van der Waals surface area (Å²) in [5.41, 5.74) is 4.26. The van der Waals surface area contributed by atoms with E-state index in [0.717, 1.165) is 68.1 Å². The van der Waals surface area contributed by atoms with Crippen LogP contribution in [0, 0.1) is 11.8 Å². The van der Waals surface area contributed by atoms with E-state index in [2.05, 4.69) is 47.8 Å². The van der Waals surface area contributed by atoms with Crippen LogP contribution >= 0.6 is 23.5 Å². The van der Waals surface area contributed by atoms with E-state index in [4.69, 9.17) is 25.8 Å². The van der Waals surface area contributed by atoms with Crippen LogP contribution < -0.4 is 14.4 Å². The third-order valence-electron chi connectivity index (χ3n) is 8.88. The van der Waals surface area contributed by atoms with E-state index in [-0.39, 0.29) is 17.9 Å². The molecule has 8 heteroatoms. The Bertz CT molecular complexity index is 1240. The van der Waals surface area contributed by atoms with E-state index in [1.807, 2.05) is 24.3 Å². The number of benzene rings is 2. The highest BCUT2D eigenvalue weighted by atomic mass is 35.5. The van der Waals surface area contributed by atoms with Crippen molar-refractivity contribution in [2.45, 2.75) is 69.6 Å². The topological polar surface area (TPSA) is 60.0 Å². The number of nitrogens with zero attached hydrogens (tertiary/aromatic N) is 1. The van der Waals surface area contributed by atoms with Gasteiger partial charge in [-0.05, 0) is 97.3 Å². The second kappa shape index (κ2) is 15.0. The lowest BCUT2D eigenvalue weighted by molar-refractivity contribution is -0.0308. The Morgan fingerprint density at radius 3 is 2.79 bits per heavy atom. The van der Waals surface area contributed by atoms with Crippen molar-refractivity contribution in [3.63, 3.8) is 0 Å². The second-order valence-electron chi connectivity index (χ2n) is 11.9. The zero-order chi connectivity index (χ0) is 29.5. The molecule has 0 aromatic heterocycles. The van der Waals surface area contributed by atoms with Crippen molar-refractivity contribution in [1.82, 2.24) is 4.72 Å². The summed E-state index contributed by atoms with van der Waals surface area (Å²) in [7, 11) is 1.72. The van der Waals surface area contributed by atoms with Gasteiger partial charge in [0, 0.05) is 42.0 Å². The summed E-state index contributed by atoms with van der Waals surface area (Å²) in [4.78, 5) is 15.7. The van der Waals surface area contributed by atoms with Crippen LogP contribution in [0.1, 0.15) is 73.4 Å². The number of hydrogen-bond acceptors (Lipinski definition) is 6. The lowest BCUT2D eigenvalue weighted by atomic mass is 9.70. The number of fused-ring (bicyclic) bond motifs is 2. The molecular weight excluding hydrogens is 568 g/mol. The largest absolute Gasteiger partial charge is 0.491 e. The van der Waals surface area contributed by atoms with Crippen molar-refractivity contribution in [2.75, 3.05) is 44.9 Å². The minimum absolute atomic E-state index is 0.0610. The fourth-order valence-electron chi connectivity index (χ4n) is 6.41. The number of rotatable bonds is 7. The zero-order valence-corrected chi connectivity index (χ0v) is 26.7. The molecule has 3 aliphatic rings. The average molecular weight is 613 g/mol. The van der Waals surface area contributed by atoms with Crippen LogP contribution in [0.15, 0.2) is 48.6 Å². The van der Waals surface area contributed by atoms with E-state index in [1.54, 1.807) is 7.11 Å². The predicted molar refractivity (Wildman–Crippen MR) is 173 cm³/mol. The number of allylic oxidation sites excluding steroid dienone is 1. The molecule has 5 unspecified atom stereocenters. The van der Waals surface area contributed by atoms with Crippen molar-refractivity contribution in [1.29, 1.82) is 0 Å². The summed E-state index contributed by atoms with van der Waals surface area (Å²) >= 11 is 7.92. The van der Waals surface area contributed by atoms with E-state index < -0.39 is 0 Å². The molecule has 2 aromatic rings. The number of carbonyl (C=O) groups is 1. The lowest BCUT2D eigenvalue weighted by Crippen LogP contribution is -2.44. The minimum atomic E-state index is -0.0610. The molecule has 1 saturated carbocycles. The Kier molecular flexibility index (Phi) is 11.2. The van der Waals surface area contributed by atoms with Gasteiger partial charge in [-0.15, -0.1) is 0 Å². The van der Waals surface area contributed by atoms with Gasteiger partial charge in [-0.25, -0.2) is 0 Å². The Balaban J connectivity index is 1.49. The first-order valence-corrected chi connectivity index (χ1v) is 16.8. The first-order chi connectivity index (χ1) is 20.5. The Morgan fingerprint density at radius 1 is 1.12 bits per heavy atom. The Hall–Kier alpha value is -2.19. The lowest BCUT2D eigenvalue weighted by Gasteiger charge is -2.44. The summed E-state index contributed by atoms with van der Waals surface area (Å²) in [5.74, 6) is 1.89. The van der Waals surface area contributed by atoms with Crippen LogP contribution in [0.25, 0.3) is 0 Å². The number of ether oxygens (including phenoxy) is 3. The molecule has 228 valence electrons. The number of nitrogens with one attached hydrogen (secondary N) is 1. The molecule has 42 heavy (non-hydrogen) atoms. The fraction of sp³-hybridized carbons (Fsp3) is 0.559. The fourth-order valence-corrected chi connectivity index (χ4v) is 7.29. The second-order valence-corrected chi connectivity index (χ2v) is 13.6. The van der Waals surface area contributed by atoms with Crippen LogP contribution in [0.4, 0.5) is 5.69 Å². The number of anilines is 1. The molecule has 6 nitrogen and oxygen atoms in total. The van der Waals surface area contributed by atoms with Crippen LogP contribution in [0.2, 0.25) is 5.02 Å². The van der Waals surface area contributed by atoms with E-state index in [1.165, 1.54) is 23.1 Å². The summed E-state index contributed by atoms with van der Waals surface area (Å²) < 4.78 is 21.3. The molecule has 2 bridgehead atoms. The molecule has 5 rings (SSSR count). The van der Waals surface area contributed by atoms with Gasteiger partial charge in [-0.3, -0.25) is 9.52 Å². The standard InChI is InChI=1S/C34H45ClN2O4S/c1-4-7-24-18-28(35)12-14-29(24)27-21-37-20-26-10-13-30(26)32(40-17-16-39-3)9-6-5-8-23(2)42-36-34(38)25-11-15-33(41-22-27)31(37)19-25/h6,9,11-12,14-15,18-19,23,26-27,30,32H,4-5,7-8,10,13,16-17,20-22H2,1-3H3,(H,36,38)/b9-6+. The number of carbonyl (C=O) groups excluding carboxylic acids is 1. The number of methoxy groups -OCH3 is 1. The monoisotopic (exact) mass is 612 g/mol. The van der Waals surface area contributed by atoms with Crippen molar-refractivity contribution in [3.8, 4) is 5.75 Å². The third kappa shape index (κ3) is 7.65. The number of amides is 1. The van der Waals surface area contributed by atoms with Gasteiger partial charge in [-0.2, -0.15) is 0 Å². The van der Waals surface area contributed by atoms with Gasteiger partial charge in [0.15, 0.2) is 0 Å². The first-order valence-electron chi connectivity index (χ1n) is 15.5. The minimum Gasteiger partial charge on any atom is -0.491 e. The van der Waals surface area contributed by atoms with Gasteiger partial charge < -0.3 is 19.1 Å². The maximum atomic E-state index is 13.2. The third-order valence-corrected chi connectivity index (χ3v) is 10.1. The van der Waals surface area contributed by atoms with Gasteiger partial charge in [0.05, 0.1) is 31.6 Å².